The third kappa shape index (κ3) is 4.75. The van der Waals surface area contributed by atoms with Crippen LogP contribution in [0.2, 0.25) is 5.02 Å². The molecule has 158 valence electrons. The van der Waals surface area contributed by atoms with E-state index in [2.05, 4.69) is 15.2 Å². The minimum atomic E-state index is -0.372. The highest BCUT2D eigenvalue weighted by Gasteiger charge is 2.25. The summed E-state index contributed by atoms with van der Waals surface area (Å²) in [5.74, 6) is 0.0817. The lowest BCUT2D eigenvalue weighted by Gasteiger charge is -2.22. The number of ketones is 1. The van der Waals surface area contributed by atoms with Crippen molar-refractivity contribution in [1.82, 2.24) is 4.98 Å². The summed E-state index contributed by atoms with van der Waals surface area (Å²) in [5.41, 5.74) is 2.66. The number of nitrogens with one attached hydrogen (secondary N) is 1. The van der Waals surface area contributed by atoms with Gasteiger partial charge >= 0.3 is 0 Å². The zero-order valence-corrected chi connectivity index (χ0v) is 17.5. The fourth-order valence-electron chi connectivity index (χ4n) is 3.86. The van der Waals surface area contributed by atoms with Gasteiger partial charge in [-0.1, -0.05) is 23.7 Å². The van der Waals surface area contributed by atoms with Crippen LogP contribution in [0.4, 0.5) is 15.9 Å². The van der Waals surface area contributed by atoms with Gasteiger partial charge in [0.2, 0.25) is 0 Å². The van der Waals surface area contributed by atoms with E-state index in [4.69, 9.17) is 11.6 Å². The Morgan fingerprint density at radius 1 is 1.23 bits per heavy atom. The van der Waals surface area contributed by atoms with Crippen LogP contribution in [0.1, 0.15) is 27.9 Å². The van der Waals surface area contributed by atoms with Gasteiger partial charge in [-0.05, 0) is 54.4 Å². The number of pyridine rings is 1. The molecule has 2 aromatic carbocycles. The molecule has 1 aromatic heterocycles. The normalized spacial score (nSPS) is 15.7. The van der Waals surface area contributed by atoms with Crippen molar-refractivity contribution < 1.29 is 14.0 Å². The first-order chi connectivity index (χ1) is 15.0. The van der Waals surface area contributed by atoms with Crippen LogP contribution >= 0.6 is 11.6 Å². The molecule has 0 radical (unpaired) electrons. The first kappa shape index (κ1) is 21.0. The fraction of sp³-hybridized carbons (Fsp3) is 0.208. The van der Waals surface area contributed by atoms with Crippen LogP contribution in [0.15, 0.2) is 60.8 Å². The zero-order valence-electron chi connectivity index (χ0n) is 16.7. The maximum atomic E-state index is 13.1. The van der Waals surface area contributed by atoms with E-state index in [1.807, 2.05) is 6.07 Å². The van der Waals surface area contributed by atoms with Crippen LogP contribution in [-0.4, -0.2) is 36.2 Å². The lowest BCUT2D eigenvalue weighted by Crippen LogP contribution is -2.27. The van der Waals surface area contributed by atoms with E-state index in [-0.39, 0.29) is 24.1 Å². The molecular formula is C24H21ClFN3O2. The summed E-state index contributed by atoms with van der Waals surface area (Å²) in [4.78, 5) is 30.4. The lowest BCUT2D eigenvalue weighted by molar-refractivity contribution is -0.107. The van der Waals surface area contributed by atoms with Gasteiger partial charge in [-0.2, -0.15) is 0 Å². The number of hydrogen-bond donors (Lipinski definition) is 1. The molecule has 0 unspecified atom stereocenters. The summed E-state index contributed by atoms with van der Waals surface area (Å²) >= 11 is 6.18. The molecule has 1 saturated heterocycles. The largest absolute Gasteiger partial charge is 0.369 e. The van der Waals surface area contributed by atoms with Crippen molar-refractivity contribution in [1.29, 1.82) is 0 Å². The van der Waals surface area contributed by atoms with Crippen molar-refractivity contribution in [3.05, 3.63) is 88.3 Å². The van der Waals surface area contributed by atoms with Crippen molar-refractivity contribution in [3.63, 3.8) is 0 Å². The standard InChI is InChI=1S/C24H21ClFN3O2/c25-21-4-2-1-3-20(21)24(31)17-5-7-22(16(13-17)10-12-30)29-11-9-19(15-29)28-23-8-6-18(26)14-27-23/h1-8,12-14,19H,9-11,15H2,(H,27,28)/t19-/m0/s1. The molecule has 31 heavy (non-hydrogen) atoms. The van der Waals surface area contributed by atoms with E-state index in [0.717, 1.165) is 30.5 Å². The number of carbonyl (C=O) groups is 2. The van der Waals surface area contributed by atoms with Gasteiger partial charge in [0.1, 0.15) is 17.9 Å². The zero-order chi connectivity index (χ0) is 21.8. The number of nitrogens with zero attached hydrogens (tertiary/aromatic N) is 2. The highest BCUT2D eigenvalue weighted by atomic mass is 35.5. The molecule has 0 bridgehead atoms. The first-order valence-electron chi connectivity index (χ1n) is 10.0. The number of halogens is 2. The van der Waals surface area contributed by atoms with Crippen LogP contribution in [-0.2, 0) is 11.2 Å². The first-order valence-corrected chi connectivity index (χ1v) is 10.4. The van der Waals surface area contributed by atoms with Crippen molar-refractivity contribution in [2.45, 2.75) is 18.9 Å². The molecule has 1 N–H and O–H groups in total. The molecule has 1 aliphatic heterocycles. The second-order valence-electron chi connectivity index (χ2n) is 7.46. The number of hydrogen-bond acceptors (Lipinski definition) is 5. The molecule has 1 fully saturated rings. The predicted octanol–water partition coefficient (Wildman–Crippen LogP) is 4.54. The van der Waals surface area contributed by atoms with Crippen LogP contribution in [0, 0.1) is 5.82 Å². The molecule has 7 heteroatoms. The van der Waals surface area contributed by atoms with Gasteiger partial charge in [0.25, 0.3) is 0 Å². The Hall–Kier alpha value is -3.25. The monoisotopic (exact) mass is 437 g/mol. The van der Waals surface area contributed by atoms with Crippen LogP contribution in [0.3, 0.4) is 0 Å². The quantitative estimate of drug-likeness (QED) is 0.434. The number of carbonyl (C=O) groups excluding carboxylic acids is 2. The van der Waals surface area contributed by atoms with E-state index in [1.165, 1.54) is 12.3 Å². The van der Waals surface area contributed by atoms with Crippen molar-refractivity contribution in [2.75, 3.05) is 23.3 Å². The summed E-state index contributed by atoms with van der Waals surface area (Å²) in [6, 6.07) is 15.5. The summed E-state index contributed by atoms with van der Waals surface area (Å²) < 4.78 is 13.1. The predicted molar refractivity (Wildman–Crippen MR) is 120 cm³/mol. The number of aromatic nitrogens is 1. The van der Waals surface area contributed by atoms with Gasteiger partial charge in [0.15, 0.2) is 5.78 Å². The molecule has 4 rings (SSSR count). The van der Waals surface area contributed by atoms with Crippen LogP contribution in [0.5, 0.6) is 0 Å². The molecule has 3 aromatic rings. The Bertz CT molecular complexity index is 1100. The summed E-state index contributed by atoms with van der Waals surface area (Å²) in [7, 11) is 0. The van der Waals surface area contributed by atoms with Gasteiger partial charge < -0.3 is 15.0 Å². The smallest absolute Gasteiger partial charge is 0.194 e. The second-order valence-corrected chi connectivity index (χ2v) is 7.87. The second kappa shape index (κ2) is 9.27. The Kier molecular flexibility index (Phi) is 6.28. The Balaban J connectivity index is 1.53. The maximum absolute atomic E-state index is 13.1. The lowest BCUT2D eigenvalue weighted by atomic mass is 9.98. The number of anilines is 2. The molecular weight excluding hydrogens is 417 g/mol. The van der Waals surface area contributed by atoms with Gasteiger partial charge in [-0.15, -0.1) is 0 Å². The van der Waals surface area contributed by atoms with E-state index < -0.39 is 0 Å². The van der Waals surface area contributed by atoms with Crippen molar-refractivity contribution >= 4 is 35.2 Å². The van der Waals surface area contributed by atoms with E-state index >= 15 is 0 Å². The summed E-state index contributed by atoms with van der Waals surface area (Å²) in [6.07, 6.45) is 3.12. The summed E-state index contributed by atoms with van der Waals surface area (Å²) in [5, 5.41) is 3.72. The SMILES string of the molecule is O=CCc1cc(C(=O)c2ccccc2Cl)ccc1N1CC[C@H](Nc2ccc(F)cn2)C1. The maximum Gasteiger partial charge on any atom is 0.194 e. The molecule has 0 saturated carbocycles. The van der Waals surface area contributed by atoms with E-state index in [9.17, 15) is 14.0 Å². The minimum Gasteiger partial charge on any atom is -0.369 e. The Morgan fingerprint density at radius 2 is 2.06 bits per heavy atom. The Morgan fingerprint density at radius 3 is 2.81 bits per heavy atom. The van der Waals surface area contributed by atoms with Gasteiger partial charge in [-0.25, -0.2) is 9.37 Å². The van der Waals surface area contributed by atoms with Crippen LogP contribution < -0.4 is 10.2 Å². The average molecular weight is 438 g/mol. The molecule has 5 nitrogen and oxygen atoms in total. The fourth-order valence-corrected chi connectivity index (χ4v) is 4.08. The highest BCUT2D eigenvalue weighted by molar-refractivity contribution is 6.35. The van der Waals surface area contributed by atoms with Gasteiger partial charge in [0, 0.05) is 42.4 Å². The molecule has 2 heterocycles. The highest BCUT2D eigenvalue weighted by Crippen LogP contribution is 2.29. The van der Waals surface area contributed by atoms with Crippen LogP contribution in [0.25, 0.3) is 0 Å². The topological polar surface area (TPSA) is 62.3 Å². The molecule has 0 amide bonds. The van der Waals surface area contributed by atoms with Crippen molar-refractivity contribution in [2.24, 2.45) is 0 Å². The average Bonchev–Trinajstić information content (AvgIpc) is 3.24. The number of rotatable bonds is 7. The molecule has 1 atom stereocenters. The minimum absolute atomic E-state index is 0.145. The number of aldehydes is 1. The van der Waals surface area contributed by atoms with Crippen molar-refractivity contribution in [3.8, 4) is 0 Å². The third-order valence-electron chi connectivity index (χ3n) is 5.37. The molecule has 0 aliphatic carbocycles. The molecule has 0 spiro atoms. The van der Waals surface area contributed by atoms with E-state index in [1.54, 1.807) is 42.5 Å². The molecule has 1 aliphatic rings. The van der Waals surface area contributed by atoms with Gasteiger partial charge in [0.05, 0.1) is 11.2 Å². The summed E-state index contributed by atoms with van der Waals surface area (Å²) in [6.45, 7) is 1.51. The van der Waals surface area contributed by atoms with Gasteiger partial charge in [-0.3, -0.25) is 4.79 Å². The number of benzene rings is 2. The van der Waals surface area contributed by atoms with E-state index in [0.29, 0.717) is 28.5 Å². The Labute approximate surface area is 184 Å². The third-order valence-corrected chi connectivity index (χ3v) is 5.70.